The van der Waals surface area contributed by atoms with Crippen molar-refractivity contribution in [1.82, 2.24) is 4.72 Å². The molecule has 0 spiro atoms. The van der Waals surface area contributed by atoms with E-state index in [1.165, 1.54) is 0 Å². The second-order valence-corrected chi connectivity index (χ2v) is 7.50. The predicted octanol–water partition coefficient (Wildman–Crippen LogP) is 3.41. The highest BCUT2D eigenvalue weighted by atomic mass is 32.2. The summed E-state index contributed by atoms with van der Waals surface area (Å²) in [7, 11) is -3.50. The Labute approximate surface area is 137 Å². The first-order valence-corrected chi connectivity index (χ1v) is 9.39. The summed E-state index contributed by atoms with van der Waals surface area (Å²) in [6.45, 7) is 1.07. The first-order chi connectivity index (χ1) is 11.1. The molecule has 0 radical (unpaired) electrons. The zero-order valence-electron chi connectivity index (χ0n) is 12.9. The first kappa shape index (κ1) is 16.2. The summed E-state index contributed by atoms with van der Waals surface area (Å²) in [6.07, 6.45) is 3.35. The van der Waals surface area contributed by atoms with E-state index in [4.69, 9.17) is 4.74 Å². The van der Waals surface area contributed by atoms with Crippen molar-refractivity contribution in [1.29, 1.82) is 0 Å². The van der Waals surface area contributed by atoms with Crippen LogP contribution in [-0.4, -0.2) is 15.0 Å². The molecular weight excluding hydrogens is 310 g/mol. The zero-order valence-corrected chi connectivity index (χ0v) is 13.8. The molecule has 2 aromatic rings. The molecule has 1 fully saturated rings. The number of hydrogen-bond donors (Lipinski definition) is 1. The topological polar surface area (TPSA) is 55.4 Å². The van der Waals surface area contributed by atoms with Crippen molar-refractivity contribution in [2.45, 2.75) is 36.8 Å². The van der Waals surface area contributed by atoms with E-state index in [9.17, 15) is 8.42 Å². The third kappa shape index (κ3) is 4.19. The molecule has 3 rings (SSSR count). The fourth-order valence-electron chi connectivity index (χ4n) is 2.72. The van der Waals surface area contributed by atoms with E-state index in [1.807, 2.05) is 42.5 Å². The van der Waals surface area contributed by atoms with Crippen LogP contribution in [-0.2, 0) is 21.3 Å². The number of benzene rings is 2. The van der Waals surface area contributed by atoms with Gasteiger partial charge in [0.2, 0.25) is 10.0 Å². The van der Waals surface area contributed by atoms with Crippen molar-refractivity contribution >= 4 is 10.0 Å². The van der Waals surface area contributed by atoms with Crippen molar-refractivity contribution in [3.05, 3.63) is 65.7 Å². The monoisotopic (exact) mass is 331 g/mol. The van der Waals surface area contributed by atoms with Gasteiger partial charge in [0.05, 0.1) is 11.0 Å². The highest BCUT2D eigenvalue weighted by molar-refractivity contribution is 7.89. The van der Waals surface area contributed by atoms with Gasteiger partial charge in [0, 0.05) is 13.2 Å². The number of rotatable bonds is 5. The van der Waals surface area contributed by atoms with E-state index < -0.39 is 10.0 Å². The summed E-state index contributed by atoms with van der Waals surface area (Å²) < 4.78 is 33.1. The molecular formula is C18H21NO3S. The molecule has 23 heavy (non-hydrogen) atoms. The van der Waals surface area contributed by atoms with E-state index in [-0.39, 0.29) is 17.5 Å². The molecule has 1 aliphatic rings. The fourth-order valence-corrected chi connectivity index (χ4v) is 3.74. The molecule has 1 saturated heterocycles. The minimum absolute atomic E-state index is 0.0952. The lowest BCUT2D eigenvalue weighted by atomic mass is 10.0. The Hall–Kier alpha value is -1.69. The third-order valence-corrected chi connectivity index (χ3v) is 5.47. The lowest BCUT2D eigenvalue weighted by molar-refractivity contribution is 0.0149. The standard InChI is InChI=1S/C18H21NO3S/c20-23(21,19-14-15-6-2-1-3-7-15)17-11-9-16(10-12-17)18-8-4-5-13-22-18/h1-3,6-7,9-12,18-19H,4-5,8,13-14H2/t18-/m1/s1. The molecule has 2 aromatic carbocycles. The second-order valence-electron chi connectivity index (χ2n) is 5.73. The summed E-state index contributed by atoms with van der Waals surface area (Å²) in [5, 5.41) is 0. The smallest absolute Gasteiger partial charge is 0.240 e. The van der Waals surface area contributed by atoms with Crippen LogP contribution in [0.25, 0.3) is 0 Å². The lowest BCUT2D eigenvalue weighted by Gasteiger charge is -2.23. The Bertz CT molecular complexity index is 721. The Morgan fingerprint density at radius 1 is 1.00 bits per heavy atom. The summed E-state index contributed by atoms with van der Waals surface area (Å²) in [4.78, 5) is 0.285. The molecule has 4 nitrogen and oxygen atoms in total. The molecule has 1 aliphatic heterocycles. The van der Waals surface area contributed by atoms with Gasteiger partial charge in [0.15, 0.2) is 0 Å². The van der Waals surface area contributed by atoms with E-state index in [1.54, 1.807) is 12.1 Å². The van der Waals surface area contributed by atoms with Crippen LogP contribution in [0.15, 0.2) is 59.5 Å². The highest BCUT2D eigenvalue weighted by Gasteiger charge is 2.18. The molecule has 1 atom stereocenters. The summed E-state index contributed by atoms with van der Waals surface area (Å²) >= 11 is 0. The van der Waals surface area contributed by atoms with Gasteiger partial charge in [-0.3, -0.25) is 0 Å². The van der Waals surface area contributed by atoms with Crippen LogP contribution < -0.4 is 4.72 Å². The maximum Gasteiger partial charge on any atom is 0.240 e. The molecule has 1 N–H and O–H groups in total. The van der Waals surface area contributed by atoms with Crippen molar-refractivity contribution < 1.29 is 13.2 Å². The van der Waals surface area contributed by atoms with E-state index in [2.05, 4.69) is 4.72 Å². The van der Waals surface area contributed by atoms with Crippen LogP contribution in [0.5, 0.6) is 0 Å². The number of sulfonamides is 1. The molecule has 5 heteroatoms. The highest BCUT2D eigenvalue weighted by Crippen LogP contribution is 2.28. The van der Waals surface area contributed by atoms with Crippen LogP contribution >= 0.6 is 0 Å². The maximum absolute atomic E-state index is 12.4. The molecule has 0 bridgehead atoms. The van der Waals surface area contributed by atoms with Crippen molar-refractivity contribution in [3.63, 3.8) is 0 Å². The average molecular weight is 331 g/mol. The van der Waals surface area contributed by atoms with Gasteiger partial charge >= 0.3 is 0 Å². The molecule has 0 saturated carbocycles. The lowest BCUT2D eigenvalue weighted by Crippen LogP contribution is -2.23. The Balaban J connectivity index is 1.67. The Morgan fingerprint density at radius 3 is 2.39 bits per heavy atom. The van der Waals surface area contributed by atoms with Gasteiger partial charge in [-0.2, -0.15) is 0 Å². The first-order valence-electron chi connectivity index (χ1n) is 7.90. The van der Waals surface area contributed by atoms with Crippen molar-refractivity contribution in [2.75, 3.05) is 6.61 Å². The predicted molar refractivity (Wildman–Crippen MR) is 89.5 cm³/mol. The zero-order chi connectivity index (χ0) is 16.1. The van der Waals surface area contributed by atoms with Gasteiger partial charge in [-0.05, 0) is 42.5 Å². The van der Waals surface area contributed by atoms with Gasteiger partial charge in [-0.25, -0.2) is 13.1 Å². The minimum Gasteiger partial charge on any atom is -0.374 e. The molecule has 122 valence electrons. The van der Waals surface area contributed by atoms with Crippen LogP contribution in [0.1, 0.15) is 36.5 Å². The SMILES string of the molecule is O=S(=O)(NCc1ccccc1)c1ccc([C@H]2CCCCO2)cc1. The Morgan fingerprint density at radius 2 is 1.74 bits per heavy atom. The largest absolute Gasteiger partial charge is 0.374 e. The quantitative estimate of drug-likeness (QED) is 0.913. The van der Waals surface area contributed by atoms with Crippen LogP contribution in [0.3, 0.4) is 0 Å². The fraction of sp³-hybridized carbons (Fsp3) is 0.333. The van der Waals surface area contributed by atoms with Gasteiger partial charge < -0.3 is 4.74 Å². The molecule has 0 unspecified atom stereocenters. The molecule has 0 aromatic heterocycles. The Kier molecular flexibility index (Phi) is 5.10. The van der Waals surface area contributed by atoms with Crippen LogP contribution in [0, 0.1) is 0 Å². The van der Waals surface area contributed by atoms with Gasteiger partial charge in [0.1, 0.15) is 0 Å². The van der Waals surface area contributed by atoms with E-state index in [0.717, 1.165) is 37.0 Å². The number of nitrogens with one attached hydrogen (secondary N) is 1. The molecule has 0 amide bonds. The molecule has 0 aliphatic carbocycles. The summed E-state index contributed by atoms with van der Waals surface area (Å²) in [5.41, 5.74) is 1.98. The van der Waals surface area contributed by atoms with Gasteiger partial charge in [0.25, 0.3) is 0 Å². The third-order valence-electron chi connectivity index (χ3n) is 4.05. The molecule has 1 heterocycles. The van der Waals surface area contributed by atoms with Crippen molar-refractivity contribution in [2.24, 2.45) is 0 Å². The van der Waals surface area contributed by atoms with Crippen molar-refractivity contribution in [3.8, 4) is 0 Å². The average Bonchev–Trinajstić information content (AvgIpc) is 2.62. The number of ether oxygens (including phenoxy) is 1. The van der Waals surface area contributed by atoms with E-state index >= 15 is 0 Å². The maximum atomic E-state index is 12.4. The van der Waals surface area contributed by atoms with Crippen LogP contribution in [0.2, 0.25) is 0 Å². The van der Waals surface area contributed by atoms with Gasteiger partial charge in [-0.1, -0.05) is 42.5 Å². The number of hydrogen-bond acceptors (Lipinski definition) is 3. The summed E-state index contributed by atoms with van der Waals surface area (Å²) in [5.74, 6) is 0. The van der Waals surface area contributed by atoms with Crippen LogP contribution in [0.4, 0.5) is 0 Å². The minimum atomic E-state index is -3.50. The van der Waals surface area contributed by atoms with Gasteiger partial charge in [-0.15, -0.1) is 0 Å². The second kappa shape index (κ2) is 7.25. The normalized spacial score (nSPS) is 18.7. The summed E-state index contributed by atoms with van der Waals surface area (Å²) in [6, 6.07) is 16.5. The van der Waals surface area contributed by atoms with E-state index in [0.29, 0.717) is 0 Å².